The second kappa shape index (κ2) is 10.1. The maximum Gasteiger partial charge on any atom is 0.291 e. The normalized spacial score (nSPS) is 21.6. The van der Waals surface area contributed by atoms with E-state index in [-0.39, 0.29) is 27.8 Å². The fourth-order valence-corrected chi connectivity index (χ4v) is 7.09. The second-order valence-corrected chi connectivity index (χ2v) is 12.8. The molecule has 39 heavy (non-hydrogen) atoms. The highest BCUT2D eigenvalue weighted by atomic mass is 32.2. The van der Waals surface area contributed by atoms with Crippen LogP contribution in [0.1, 0.15) is 45.0 Å². The van der Waals surface area contributed by atoms with Crippen LogP contribution in [0.4, 0.5) is 14.5 Å². The van der Waals surface area contributed by atoms with E-state index in [0.29, 0.717) is 66.9 Å². The van der Waals surface area contributed by atoms with Crippen molar-refractivity contribution in [2.24, 2.45) is 11.8 Å². The van der Waals surface area contributed by atoms with Gasteiger partial charge in [0.2, 0.25) is 21.1 Å². The summed E-state index contributed by atoms with van der Waals surface area (Å²) in [6, 6.07) is 5.07. The van der Waals surface area contributed by atoms with Crippen LogP contribution in [0.5, 0.6) is 0 Å². The number of carbonyl (C=O) groups is 1. The molecule has 1 unspecified atom stereocenters. The summed E-state index contributed by atoms with van der Waals surface area (Å²) in [6.45, 7) is 7.45. The van der Waals surface area contributed by atoms with Crippen molar-refractivity contribution in [1.29, 1.82) is 5.26 Å². The van der Waals surface area contributed by atoms with Crippen molar-refractivity contribution in [3.05, 3.63) is 23.3 Å². The molecule has 1 aromatic carbocycles. The Morgan fingerprint density at radius 3 is 2.54 bits per heavy atom. The average molecular weight is 579 g/mol. The molecule has 0 spiro atoms. The lowest BCUT2D eigenvalue weighted by atomic mass is 10.1. The Morgan fingerprint density at radius 2 is 1.97 bits per heavy atom. The molecule has 0 bridgehead atoms. The van der Waals surface area contributed by atoms with Crippen molar-refractivity contribution in [2.45, 2.75) is 50.5 Å². The molecule has 1 saturated heterocycles. The molecule has 2 fully saturated rings. The standard InChI is InChI=1S/C24H28F2N8O3S2/c1-4-15-11-24(15,13-27)31-39(36,37)16-9-18(32-5-7-33(8-6-32)22(35)14(2)3)17-12-28-34(19(17)10-16)23-30-29-21(38-23)20(25)26/h9-10,12,14-15,20,31H,4-8,11H2,1-3H3/t15-,24?/m1/s1. The summed E-state index contributed by atoms with van der Waals surface area (Å²) in [5.74, 6) is -0.157. The molecule has 3 heterocycles. The third kappa shape index (κ3) is 4.96. The third-order valence-electron chi connectivity index (χ3n) is 7.29. The van der Waals surface area contributed by atoms with Gasteiger partial charge in [0, 0.05) is 43.2 Å². The number of alkyl halides is 2. The molecule has 3 aromatic rings. The first-order valence-electron chi connectivity index (χ1n) is 12.6. The Bertz CT molecular complexity index is 1560. The number of nitrogens with one attached hydrogen (secondary N) is 1. The van der Waals surface area contributed by atoms with Gasteiger partial charge >= 0.3 is 0 Å². The van der Waals surface area contributed by atoms with Crippen LogP contribution in [0.25, 0.3) is 16.0 Å². The third-order valence-corrected chi connectivity index (χ3v) is 9.68. The lowest BCUT2D eigenvalue weighted by Crippen LogP contribution is -2.50. The fourth-order valence-electron chi connectivity index (χ4n) is 4.99. The van der Waals surface area contributed by atoms with Gasteiger partial charge in [0.1, 0.15) is 5.54 Å². The van der Waals surface area contributed by atoms with Crippen molar-refractivity contribution in [1.82, 2.24) is 29.6 Å². The smallest absolute Gasteiger partial charge is 0.291 e. The van der Waals surface area contributed by atoms with Crippen LogP contribution in [0, 0.1) is 23.2 Å². The topological polar surface area (TPSA) is 137 Å². The number of benzene rings is 1. The van der Waals surface area contributed by atoms with E-state index in [0.717, 1.165) is 0 Å². The van der Waals surface area contributed by atoms with E-state index >= 15 is 0 Å². The van der Waals surface area contributed by atoms with Gasteiger partial charge in [-0.3, -0.25) is 4.79 Å². The zero-order chi connectivity index (χ0) is 28.1. The van der Waals surface area contributed by atoms with Gasteiger partial charge in [-0.15, -0.1) is 10.2 Å². The minimum atomic E-state index is -4.14. The Morgan fingerprint density at radius 1 is 1.26 bits per heavy atom. The Kier molecular flexibility index (Phi) is 7.06. The first-order chi connectivity index (χ1) is 18.5. The fraction of sp³-hybridized carbons (Fsp3) is 0.542. The minimum absolute atomic E-state index is 0.0518. The number of halogens is 2. The number of anilines is 1. The van der Waals surface area contributed by atoms with Gasteiger partial charge in [-0.2, -0.15) is 15.1 Å². The number of sulfonamides is 1. The Hall–Kier alpha value is -3.22. The number of carbonyl (C=O) groups excluding carboxylic acids is 1. The molecule has 2 aliphatic rings. The van der Waals surface area contributed by atoms with Crippen LogP contribution in [-0.2, 0) is 14.8 Å². The quantitative estimate of drug-likeness (QED) is 0.431. The van der Waals surface area contributed by atoms with Crippen LogP contribution in [0.3, 0.4) is 0 Å². The molecule has 1 N–H and O–H groups in total. The largest absolute Gasteiger partial charge is 0.367 e. The van der Waals surface area contributed by atoms with Crippen molar-refractivity contribution in [2.75, 3.05) is 31.1 Å². The molecule has 2 atom stereocenters. The van der Waals surface area contributed by atoms with E-state index < -0.39 is 27.0 Å². The molecule has 1 aliphatic carbocycles. The molecule has 1 saturated carbocycles. The van der Waals surface area contributed by atoms with E-state index in [1.165, 1.54) is 23.0 Å². The highest BCUT2D eigenvalue weighted by Gasteiger charge is 2.56. The molecule has 208 valence electrons. The van der Waals surface area contributed by atoms with Crippen LogP contribution in [0.2, 0.25) is 0 Å². The summed E-state index contributed by atoms with van der Waals surface area (Å²) in [4.78, 5) is 16.2. The monoisotopic (exact) mass is 578 g/mol. The summed E-state index contributed by atoms with van der Waals surface area (Å²) >= 11 is 0.664. The van der Waals surface area contributed by atoms with Crippen molar-refractivity contribution in [3.63, 3.8) is 0 Å². The summed E-state index contributed by atoms with van der Waals surface area (Å²) in [6.07, 6.45) is -0.171. The van der Waals surface area contributed by atoms with E-state index in [1.807, 2.05) is 25.7 Å². The van der Waals surface area contributed by atoms with Gasteiger partial charge in [-0.1, -0.05) is 38.5 Å². The molecule has 15 heteroatoms. The van der Waals surface area contributed by atoms with E-state index in [4.69, 9.17) is 0 Å². The second-order valence-electron chi connectivity index (χ2n) is 10.1. The van der Waals surface area contributed by atoms with E-state index in [1.54, 1.807) is 4.90 Å². The molecular formula is C24H28F2N8O3S2. The van der Waals surface area contributed by atoms with Crippen LogP contribution < -0.4 is 9.62 Å². The SMILES string of the molecule is CC[C@@H]1CC1(C#N)NS(=O)(=O)c1cc(N2CCN(C(=O)C(C)C)CC2)c2cnn(-c3nnc(C(F)F)s3)c2c1. The Balaban J connectivity index is 1.57. The van der Waals surface area contributed by atoms with Gasteiger partial charge in [-0.05, 0) is 24.5 Å². The lowest BCUT2D eigenvalue weighted by molar-refractivity contribution is -0.134. The van der Waals surface area contributed by atoms with Crippen molar-refractivity contribution >= 4 is 43.9 Å². The molecule has 2 aromatic heterocycles. The molecular weight excluding hydrogens is 550 g/mol. The predicted molar refractivity (Wildman–Crippen MR) is 140 cm³/mol. The van der Waals surface area contributed by atoms with Crippen LogP contribution in [-0.4, -0.2) is 70.9 Å². The van der Waals surface area contributed by atoms with Crippen molar-refractivity contribution in [3.8, 4) is 11.2 Å². The number of hydrogen-bond donors (Lipinski definition) is 1. The van der Waals surface area contributed by atoms with Gasteiger partial charge < -0.3 is 9.80 Å². The highest BCUT2D eigenvalue weighted by molar-refractivity contribution is 7.89. The number of nitrogens with zero attached hydrogens (tertiary/aromatic N) is 7. The van der Waals surface area contributed by atoms with Gasteiger partial charge in [0.25, 0.3) is 6.43 Å². The molecule has 1 aliphatic heterocycles. The van der Waals surface area contributed by atoms with Gasteiger partial charge in [-0.25, -0.2) is 21.9 Å². The first kappa shape index (κ1) is 27.4. The first-order valence-corrected chi connectivity index (χ1v) is 14.9. The summed E-state index contributed by atoms with van der Waals surface area (Å²) in [7, 11) is -4.14. The molecule has 1 amide bonds. The molecule has 11 nitrogen and oxygen atoms in total. The number of piperazine rings is 1. The zero-order valence-corrected chi connectivity index (χ0v) is 23.3. The van der Waals surface area contributed by atoms with Crippen molar-refractivity contribution < 1.29 is 22.0 Å². The summed E-state index contributed by atoms with van der Waals surface area (Å²) in [5, 5.41) is 21.6. The number of rotatable bonds is 8. The maximum absolute atomic E-state index is 13.6. The highest BCUT2D eigenvalue weighted by Crippen LogP contribution is 2.46. The summed E-state index contributed by atoms with van der Waals surface area (Å²) < 4.78 is 57.4. The number of fused-ring (bicyclic) bond motifs is 1. The Labute approximate surface area is 228 Å². The van der Waals surface area contributed by atoms with Gasteiger partial charge in [0.15, 0.2) is 5.01 Å². The number of aromatic nitrogens is 4. The number of amides is 1. The van der Waals surface area contributed by atoms with E-state index in [2.05, 4.69) is 26.1 Å². The minimum Gasteiger partial charge on any atom is -0.367 e. The predicted octanol–water partition coefficient (Wildman–Crippen LogP) is 3.09. The maximum atomic E-state index is 13.6. The number of hydrogen-bond acceptors (Lipinski definition) is 9. The van der Waals surface area contributed by atoms with Crippen LogP contribution in [0.15, 0.2) is 23.2 Å². The molecule has 5 rings (SSSR count). The van der Waals surface area contributed by atoms with Crippen LogP contribution >= 0.6 is 11.3 Å². The van der Waals surface area contributed by atoms with Gasteiger partial charge in [0.05, 0.1) is 22.7 Å². The van der Waals surface area contributed by atoms with E-state index in [9.17, 15) is 27.3 Å². The lowest BCUT2D eigenvalue weighted by Gasteiger charge is -2.37. The summed E-state index contributed by atoms with van der Waals surface area (Å²) in [5.41, 5.74) is -0.237. The number of nitriles is 1. The zero-order valence-electron chi connectivity index (χ0n) is 21.6. The molecule has 0 radical (unpaired) electrons. The average Bonchev–Trinajstić information content (AvgIpc) is 3.22.